The molecule has 2 N–H and O–H groups in total. The van der Waals surface area contributed by atoms with Crippen LogP contribution < -0.4 is 20.5 Å². The number of hydrogen-bond donors (Lipinski definition) is 2. The third kappa shape index (κ3) is 3.73. The average molecular weight is 328 g/mol. The molecule has 24 heavy (non-hydrogen) atoms. The molecule has 0 saturated carbocycles. The summed E-state index contributed by atoms with van der Waals surface area (Å²) in [6.07, 6.45) is 3.34. The van der Waals surface area contributed by atoms with Crippen LogP contribution in [0.3, 0.4) is 0 Å². The van der Waals surface area contributed by atoms with E-state index in [0.717, 1.165) is 36.5 Å². The molecule has 1 aliphatic heterocycles. The van der Waals surface area contributed by atoms with E-state index in [0.29, 0.717) is 6.54 Å². The lowest BCUT2D eigenvalue weighted by Gasteiger charge is -2.33. The van der Waals surface area contributed by atoms with Gasteiger partial charge in [-0.15, -0.1) is 0 Å². The SMILES string of the molecule is COc1ccc(NC(=O)[C@@H]2CCCN(c3cn[nH]c(=O)c3)C2)cc1. The molecule has 1 aliphatic rings. The molecule has 2 aromatic rings. The second-order valence-electron chi connectivity index (χ2n) is 5.81. The standard InChI is InChI=1S/C17H20N4O3/c1-24-15-6-4-13(5-7-15)19-17(23)12-3-2-8-21(11-12)14-9-16(22)20-18-10-14/h4-7,9-10,12H,2-3,8,11H2,1H3,(H,19,23)(H,20,22)/t12-/m1/s1. The molecule has 1 fully saturated rings. The van der Waals surface area contributed by atoms with Crippen molar-refractivity contribution in [3.8, 4) is 5.75 Å². The van der Waals surface area contributed by atoms with Gasteiger partial charge in [0.05, 0.1) is 24.9 Å². The monoisotopic (exact) mass is 328 g/mol. The highest BCUT2D eigenvalue weighted by Crippen LogP contribution is 2.23. The highest BCUT2D eigenvalue weighted by molar-refractivity contribution is 5.93. The Balaban J connectivity index is 1.65. The van der Waals surface area contributed by atoms with Crippen molar-refractivity contribution in [2.45, 2.75) is 12.8 Å². The molecular formula is C17H20N4O3. The van der Waals surface area contributed by atoms with Crippen molar-refractivity contribution >= 4 is 17.3 Å². The van der Waals surface area contributed by atoms with Crippen LogP contribution in [-0.4, -0.2) is 36.3 Å². The summed E-state index contributed by atoms with van der Waals surface area (Å²) in [6, 6.07) is 8.77. The van der Waals surface area contributed by atoms with Crippen molar-refractivity contribution in [2.75, 3.05) is 30.4 Å². The van der Waals surface area contributed by atoms with E-state index in [9.17, 15) is 9.59 Å². The Morgan fingerprint density at radius 2 is 2.17 bits per heavy atom. The van der Waals surface area contributed by atoms with Crippen LogP contribution in [0.15, 0.2) is 41.3 Å². The van der Waals surface area contributed by atoms with E-state index in [4.69, 9.17) is 4.74 Å². The number of hydrogen-bond acceptors (Lipinski definition) is 5. The molecule has 0 unspecified atom stereocenters. The maximum Gasteiger partial charge on any atom is 0.266 e. The van der Waals surface area contributed by atoms with Gasteiger partial charge in [-0.25, -0.2) is 5.10 Å². The zero-order valence-electron chi connectivity index (χ0n) is 13.5. The van der Waals surface area contributed by atoms with E-state index in [1.54, 1.807) is 13.3 Å². The first-order chi connectivity index (χ1) is 11.7. The van der Waals surface area contributed by atoms with E-state index in [2.05, 4.69) is 15.5 Å². The fourth-order valence-corrected chi connectivity index (χ4v) is 2.88. The average Bonchev–Trinajstić information content (AvgIpc) is 2.62. The normalized spacial score (nSPS) is 17.4. The lowest BCUT2D eigenvalue weighted by molar-refractivity contribution is -0.120. The van der Waals surface area contributed by atoms with Crippen LogP contribution in [0.1, 0.15) is 12.8 Å². The Bertz CT molecular complexity index is 757. The zero-order valence-corrected chi connectivity index (χ0v) is 13.5. The first-order valence-electron chi connectivity index (χ1n) is 7.90. The van der Waals surface area contributed by atoms with Gasteiger partial charge in [-0.3, -0.25) is 9.59 Å². The van der Waals surface area contributed by atoms with Crippen LogP contribution in [-0.2, 0) is 4.79 Å². The molecule has 0 spiro atoms. The Hall–Kier alpha value is -2.83. The van der Waals surface area contributed by atoms with Gasteiger partial charge < -0.3 is 15.0 Å². The molecule has 0 aliphatic carbocycles. The third-order valence-electron chi connectivity index (χ3n) is 4.17. The Labute approximate surface area is 139 Å². The molecule has 1 saturated heterocycles. The summed E-state index contributed by atoms with van der Waals surface area (Å²) < 4.78 is 5.11. The number of aromatic nitrogens is 2. The largest absolute Gasteiger partial charge is 0.497 e. The summed E-state index contributed by atoms with van der Waals surface area (Å²) in [5.74, 6) is 0.612. The van der Waals surface area contributed by atoms with Gasteiger partial charge in [0.15, 0.2) is 0 Å². The van der Waals surface area contributed by atoms with Crippen molar-refractivity contribution in [1.29, 1.82) is 0 Å². The number of carbonyl (C=O) groups excluding carboxylic acids is 1. The molecule has 1 amide bonds. The maximum absolute atomic E-state index is 12.5. The fraction of sp³-hybridized carbons (Fsp3) is 0.353. The number of nitrogens with one attached hydrogen (secondary N) is 2. The van der Waals surface area contributed by atoms with E-state index < -0.39 is 0 Å². The fourth-order valence-electron chi connectivity index (χ4n) is 2.88. The summed E-state index contributed by atoms with van der Waals surface area (Å²) in [4.78, 5) is 26.0. The van der Waals surface area contributed by atoms with Crippen LogP contribution >= 0.6 is 0 Å². The lowest BCUT2D eigenvalue weighted by Crippen LogP contribution is -2.41. The molecule has 2 heterocycles. The minimum Gasteiger partial charge on any atom is -0.497 e. The zero-order chi connectivity index (χ0) is 16.9. The van der Waals surface area contributed by atoms with Gasteiger partial charge in [0.25, 0.3) is 5.56 Å². The third-order valence-corrected chi connectivity index (χ3v) is 4.17. The van der Waals surface area contributed by atoms with Crippen molar-refractivity contribution in [2.24, 2.45) is 5.92 Å². The van der Waals surface area contributed by atoms with Gasteiger partial charge in [0.2, 0.25) is 5.91 Å². The van der Waals surface area contributed by atoms with Gasteiger partial charge in [0.1, 0.15) is 5.75 Å². The number of nitrogens with zero attached hydrogens (tertiary/aromatic N) is 2. The van der Waals surface area contributed by atoms with Gasteiger partial charge >= 0.3 is 0 Å². The quantitative estimate of drug-likeness (QED) is 0.891. The summed E-state index contributed by atoms with van der Waals surface area (Å²) in [6.45, 7) is 1.39. The Morgan fingerprint density at radius 3 is 2.88 bits per heavy atom. The predicted molar refractivity (Wildman–Crippen MR) is 91.4 cm³/mol. The number of amides is 1. The number of rotatable bonds is 4. The molecule has 7 nitrogen and oxygen atoms in total. The summed E-state index contributed by atoms with van der Waals surface area (Å²) >= 11 is 0. The van der Waals surface area contributed by atoms with Crippen molar-refractivity contribution in [1.82, 2.24) is 10.2 Å². The van der Waals surface area contributed by atoms with E-state index >= 15 is 0 Å². The molecule has 3 rings (SSSR count). The lowest BCUT2D eigenvalue weighted by atomic mass is 9.96. The first-order valence-corrected chi connectivity index (χ1v) is 7.90. The van der Waals surface area contributed by atoms with Gasteiger partial charge in [-0.05, 0) is 37.1 Å². The van der Waals surface area contributed by atoms with Crippen molar-refractivity contribution in [3.63, 3.8) is 0 Å². The smallest absolute Gasteiger partial charge is 0.266 e. The van der Waals surface area contributed by atoms with Crippen molar-refractivity contribution < 1.29 is 9.53 Å². The second-order valence-corrected chi connectivity index (χ2v) is 5.81. The number of aromatic amines is 1. The molecular weight excluding hydrogens is 308 g/mol. The number of H-pyrrole nitrogens is 1. The van der Waals surface area contributed by atoms with Crippen LogP contribution in [0.5, 0.6) is 5.75 Å². The second kappa shape index (κ2) is 7.16. The van der Waals surface area contributed by atoms with Crippen molar-refractivity contribution in [3.05, 3.63) is 46.9 Å². The number of ether oxygens (including phenoxy) is 1. The Kier molecular flexibility index (Phi) is 4.79. The minimum absolute atomic E-state index is 0.0114. The van der Waals surface area contributed by atoms with Gasteiger partial charge in [0, 0.05) is 24.8 Å². The van der Waals surface area contributed by atoms with E-state index in [-0.39, 0.29) is 17.4 Å². The number of anilines is 2. The molecule has 1 aromatic carbocycles. The number of methoxy groups -OCH3 is 1. The first kappa shape index (κ1) is 16.0. The van der Waals surface area contributed by atoms with Crippen LogP contribution in [0.2, 0.25) is 0 Å². The summed E-state index contributed by atoms with van der Waals surface area (Å²) in [7, 11) is 1.60. The van der Waals surface area contributed by atoms with Gasteiger partial charge in [-0.2, -0.15) is 5.10 Å². The van der Waals surface area contributed by atoms with Crippen LogP contribution in [0, 0.1) is 5.92 Å². The summed E-state index contributed by atoms with van der Waals surface area (Å²) in [5.41, 5.74) is 1.26. The highest BCUT2D eigenvalue weighted by Gasteiger charge is 2.26. The number of piperidine rings is 1. The molecule has 0 radical (unpaired) electrons. The molecule has 1 aromatic heterocycles. The number of carbonyl (C=O) groups is 1. The van der Waals surface area contributed by atoms with Crippen LogP contribution in [0.4, 0.5) is 11.4 Å². The topological polar surface area (TPSA) is 87.3 Å². The molecule has 0 bridgehead atoms. The Morgan fingerprint density at radius 1 is 1.38 bits per heavy atom. The molecule has 1 atom stereocenters. The predicted octanol–water partition coefficient (Wildman–Crippen LogP) is 1.63. The van der Waals surface area contributed by atoms with E-state index in [1.807, 2.05) is 29.2 Å². The summed E-state index contributed by atoms with van der Waals surface area (Å²) in [5, 5.41) is 9.13. The molecule has 7 heteroatoms. The minimum atomic E-state index is -0.239. The molecule has 126 valence electrons. The van der Waals surface area contributed by atoms with E-state index in [1.165, 1.54) is 6.07 Å². The maximum atomic E-state index is 12.5. The number of benzene rings is 1. The van der Waals surface area contributed by atoms with Gasteiger partial charge in [-0.1, -0.05) is 0 Å². The van der Waals surface area contributed by atoms with Crippen LogP contribution in [0.25, 0.3) is 0 Å². The highest BCUT2D eigenvalue weighted by atomic mass is 16.5.